The number of hydrogen-bond donors (Lipinski definition) is 1. The van der Waals surface area contributed by atoms with E-state index in [1.807, 2.05) is 0 Å². The van der Waals surface area contributed by atoms with Crippen LogP contribution in [0.5, 0.6) is 11.5 Å². The lowest BCUT2D eigenvalue weighted by Gasteiger charge is -2.34. The van der Waals surface area contributed by atoms with Gasteiger partial charge in [0.05, 0.1) is 12.6 Å². The van der Waals surface area contributed by atoms with Crippen LogP contribution in [0.3, 0.4) is 0 Å². The predicted molar refractivity (Wildman–Crippen MR) is 101 cm³/mol. The number of carboxylic acid groups (broad SMARTS) is 1. The molecule has 1 saturated heterocycles. The molecule has 0 amide bonds. The van der Waals surface area contributed by atoms with Gasteiger partial charge < -0.3 is 19.4 Å². The third-order valence-electron chi connectivity index (χ3n) is 4.53. The first-order chi connectivity index (χ1) is 13.2. The van der Waals surface area contributed by atoms with Crippen LogP contribution in [0, 0.1) is 0 Å². The van der Waals surface area contributed by atoms with Gasteiger partial charge in [0.2, 0.25) is 5.54 Å². The van der Waals surface area contributed by atoms with E-state index < -0.39 is 23.1 Å². The number of fused-ring (bicyclic) bond motifs is 1. The van der Waals surface area contributed by atoms with E-state index in [9.17, 15) is 14.7 Å². The number of aromatic nitrogens is 1. The van der Waals surface area contributed by atoms with Gasteiger partial charge >= 0.3 is 11.9 Å². The van der Waals surface area contributed by atoms with Crippen LogP contribution < -0.4 is 9.57 Å². The number of carboxylic acids is 1. The first-order valence-corrected chi connectivity index (χ1v) is 9.02. The zero-order valence-electron chi connectivity index (χ0n) is 16.4. The second kappa shape index (κ2) is 7.27. The van der Waals surface area contributed by atoms with E-state index in [-0.39, 0.29) is 13.0 Å². The number of carbonyl (C=O) groups is 2. The number of hydroxylamine groups is 2. The summed E-state index contributed by atoms with van der Waals surface area (Å²) in [4.78, 5) is 35.2. The van der Waals surface area contributed by atoms with Gasteiger partial charge in [0.25, 0.3) is 0 Å². The van der Waals surface area contributed by atoms with E-state index in [1.165, 1.54) is 5.06 Å². The molecule has 0 unspecified atom stereocenters. The summed E-state index contributed by atoms with van der Waals surface area (Å²) in [6.45, 7) is 5.38. The number of methoxy groups -OCH3 is 1. The van der Waals surface area contributed by atoms with Crippen molar-refractivity contribution in [3.05, 3.63) is 30.5 Å². The lowest BCUT2D eigenvalue weighted by molar-refractivity contribution is -0.199. The molecule has 1 N–H and O–H groups in total. The SMILES string of the molecule is COc1ccc2c(ON3CCC[C@]3(C(=O)O)C(=O)OC(C)(C)C)ccnc2c1. The van der Waals surface area contributed by atoms with Gasteiger partial charge in [0.1, 0.15) is 11.4 Å². The van der Waals surface area contributed by atoms with Crippen LogP contribution >= 0.6 is 0 Å². The molecule has 0 bridgehead atoms. The molecule has 2 heterocycles. The van der Waals surface area contributed by atoms with E-state index >= 15 is 0 Å². The highest BCUT2D eigenvalue weighted by Gasteiger charge is 2.58. The van der Waals surface area contributed by atoms with Crippen LogP contribution in [0.4, 0.5) is 0 Å². The van der Waals surface area contributed by atoms with Gasteiger partial charge in [0, 0.05) is 30.3 Å². The molecular weight excluding hydrogens is 364 g/mol. The van der Waals surface area contributed by atoms with Crippen molar-refractivity contribution >= 4 is 22.8 Å². The Morgan fingerprint density at radius 3 is 2.64 bits per heavy atom. The smallest absolute Gasteiger partial charge is 0.342 e. The van der Waals surface area contributed by atoms with E-state index in [2.05, 4.69) is 4.98 Å². The molecule has 3 rings (SSSR count). The Bertz CT molecular complexity index is 907. The fourth-order valence-corrected chi connectivity index (χ4v) is 3.21. The maximum Gasteiger partial charge on any atom is 0.342 e. The molecule has 1 aromatic carbocycles. The topological polar surface area (TPSA) is 98.2 Å². The van der Waals surface area contributed by atoms with Crippen LogP contribution in [0.25, 0.3) is 10.9 Å². The molecule has 1 fully saturated rings. The molecule has 2 aromatic rings. The second-order valence-electron chi connectivity index (χ2n) is 7.66. The van der Waals surface area contributed by atoms with Gasteiger partial charge in [-0.1, -0.05) is 0 Å². The standard InChI is InChI=1S/C20H24N2O6/c1-19(2,3)27-18(25)20(17(23)24)9-5-11-22(20)28-16-8-10-21-15-12-13(26-4)6-7-14(15)16/h6-8,10,12H,5,9,11H2,1-4H3,(H,23,24)/t20-/m0/s1. The Hall–Kier alpha value is -2.87. The Kier molecular flexibility index (Phi) is 5.16. The Morgan fingerprint density at radius 2 is 2.00 bits per heavy atom. The Morgan fingerprint density at radius 1 is 1.25 bits per heavy atom. The first kappa shape index (κ1) is 19.9. The number of rotatable bonds is 5. The highest BCUT2D eigenvalue weighted by molar-refractivity contribution is 6.04. The van der Waals surface area contributed by atoms with Crippen molar-refractivity contribution in [1.29, 1.82) is 0 Å². The minimum absolute atomic E-state index is 0.105. The number of benzene rings is 1. The van der Waals surface area contributed by atoms with E-state index in [0.29, 0.717) is 28.8 Å². The van der Waals surface area contributed by atoms with Crippen molar-refractivity contribution < 1.29 is 29.0 Å². The van der Waals surface area contributed by atoms with E-state index in [4.69, 9.17) is 14.3 Å². The molecule has 1 aromatic heterocycles. The average molecular weight is 388 g/mol. The normalized spacial score (nSPS) is 20.1. The molecule has 1 aliphatic rings. The zero-order chi connectivity index (χ0) is 20.5. The van der Waals surface area contributed by atoms with Crippen LogP contribution in [0.15, 0.2) is 30.5 Å². The number of pyridine rings is 1. The lowest BCUT2D eigenvalue weighted by Crippen LogP contribution is -2.59. The molecule has 0 saturated carbocycles. The van der Waals surface area contributed by atoms with Gasteiger partial charge in [-0.15, -0.1) is 5.06 Å². The number of aliphatic carboxylic acids is 1. The largest absolute Gasteiger partial charge is 0.497 e. The van der Waals surface area contributed by atoms with Gasteiger partial charge in [-0.2, -0.15) is 0 Å². The molecule has 28 heavy (non-hydrogen) atoms. The summed E-state index contributed by atoms with van der Waals surface area (Å²) in [7, 11) is 1.56. The summed E-state index contributed by atoms with van der Waals surface area (Å²) >= 11 is 0. The van der Waals surface area contributed by atoms with Gasteiger partial charge in [0.15, 0.2) is 5.75 Å². The third kappa shape index (κ3) is 3.60. The third-order valence-corrected chi connectivity index (χ3v) is 4.53. The predicted octanol–water partition coefficient (Wildman–Crippen LogP) is 2.80. The quantitative estimate of drug-likeness (QED) is 0.617. The lowest BCUT2D eigenvalue weighted by atomic mass is 9.97. The summed E-state index contributed by atoms with van der Waals surface area (Å²) in [6, 6.07) is 6.93. The summed E-state index contributed by atoms with van der Waals surface area (Å²) in [5, 5.41) is 11.8. The summed E-state index contributed by atoms with van der Waals surface area (Å²) in [6.07, 6.45) is 2.15. The number of nitrogens with zero attached hydrogens (tertiary/aromatic N) is 2. The molecule has 0 aliphatic carbocycles. The molecule has 0 spiro atoms. The number of esters is 1. The van der Waals surface area contributed by atoms with Crippen molar-refractivity contribution in [3.8, 4) is 11.5 Å². The highest BCUT2D eigenvalue weighted by Crippen LogP contribution is 2.36. The molecule has 1 atom stereocenters. The van der Waals surface area contributed by atoms with Crippen LogP contribution in [-0.2, 0) is 14.3 Å². The molecule has 0 radical (unpaired) electrons. The maximum atomic E-state index is 12.8. The van der Waals surface area contributed by atoms with Crippen LogP contribution in [-0.4, -0.2) is 51.9 Å². The Balaban J connectivity index is 1.97. The number of carbonyl (C=O) groups excluding carboxylic acids is 1. The second-order valence-corrected chi connectivity index (χ2v) is 7.66. The number of hydrogen-bond acceptors (Lipinski definition) is 7. The van der Waals surface area contributed by atoms with E-state index in [1.54, 1.807) is 58.3 Å². The van der Waals surface area contributed by atoms with Crippen LogP contribution in [0.2, 0.25) is 0 Å². The van der Waals surface area contributed by atoms with Crippen molar-refractivity contribution in [2.24, 2.45) is 0 Å². The van der Waals surface area contributed by atoms with Gasteiger partial charge in [-0.3, -0.25) is 4.98 Å². The zero-order valence-corrected chi connectivity index (χ0v) is 16.4. The van der Waals surface area contributed by atoms with Gasteiger partial charge in [-0.25, -0.2) is 9.59 Å². The molecular formula is C20H24N2O6. The van der Waals surface area contributed by atoms with Crippen molar-refractivity contribution in [1.82, 2.24) is 10.0 Å². The fraction of sp³-hybridized carbons (Fsp3) is 0.450. The average Bonchev–Trinajstić information content (AvgIpc) is 3.05. The molecule has 150 valence electrons. The summed E-state index contributed by atoms with van der Waals surface area (Å²) < 4.78 is 10.6. The van der Waals surface area contributed by atoms with Crippen molar-refractivity contribution in [2.45, 2.75) is 44.8 Å². The minimum Gasteiger partial charge on any atom is -0.497 e. The van der Waals surface area contributed by atoms with Crippen molar-refractivity contribution in [3.63, 3.8) is 0 Å². The molecule has 8 nitrogen and oxygen atoms in total. The number of ether oxygens (including phenoxy) is 2. The molecule has 1 aliphatic heterocycles. The monoisotopic (exact) mass is 388 g/mol. The van der Waals surface area contributed by atoms with E-state index in [0.717, 1.165) is 0 Å². The summed E-state index contributed by atoms with van der Waals surface area (Å²) in [5.74, 6) is -1.07. The molecule has 8 heteroatoms. The minimum atomic E-state index is -1.89. The van der Waals surface area contributed by atoms with Crippen LogP contribution in [0.1, 0.15) is 33.6 Å². The highest BCUT2D eigenvalue weighted by atomic mass is 16.7. The Labute approximate surface area is 163 Å². The fourth-order valence-electron chi connectivity index (χ4n) is 3.21. The van der Waals surface area contributed by atoms with Gasteiger partial charge in [-0.05, 0) is 45.7 Å². The maximum absolute atomic E-state index is 12.8. The van der Waals surface area contributed by atoms with Crippen molar-refractivity contribution in [2.75, 3.05) is 13.7 Å². The first-order valence-electron chi connectivity index (χ1n) is 9.02. The summed E-state index contributed by atoms with van der Waals surface area (Å²) in [5.41, 5.74) is -2.07.